The maximum atomic E-state index is 5.01. The normalized spacial score (nSPS) is 11.2. The van der Waals surface area contributed by atoms with Crippen LogP contribution in [0.3, 0.4) is 0 Å². The first-order chi connectivity index (χ1) is 18.1. The summed E-state index contributed by atoms with van der Waals surface area (Å²) >= 11 is 18.2. The van der Waals surface area contributed by atoms with Crippen molar-refractivity contribution in [2.75, 3.05) is 6.54 Å². The minimum absolute atomic E-state index is 0.627. The molecular formula is C32H63NS4. The van der Waals surface area contributed by atoms with Gasteiger partial charge in [-0.3, -0.25) is 0 Å². The predicted molar refractivity (Wildman–Crippen MR) is 185 cm³/mol. The van der Waals surface area contributed by atoms with Crippen molar-refractivity contribution in [3.8, 4) is 0 Å². The first-order valence-electron chi connectivity index (χ1n) is 16.3. The molecule has 0 aromatic rings. The molecule has 0 radical (unpaired) electrons. The van der Waals surface area contributed by atoms with Crippen molar-refractivity contribution in [1.29, 1.82) is 0 Å². The Hall–Kier alpha value is 0.680. The van der Waals surface area contributed by atoms with E-state index in [9.17, 15) is 0 Å². The Kier molecular flexibility index (Phi) is 33.5. The summed E-state index contributed by atoms with van der Waals surface area (Å²) in [6, 6.07) is 0. The van der Waals surface area contributed by atoms with Crippen LogP contribution < -0.4 is 5.32 Å². The summed E-state index contributed by atoms with van der Waals surface area (Å²) in [4.78, 5) is 0. The van der Waals surface area contributed by atoms with Crippen LogP contribution in [0.2, 0.25) is 0 Å². The molecule has 0 aromatic carbocycles. The number of rotatable bonds is 31. The molecule has 37 heavy (non-hydrogen) atoms. The fraction of sp³-hybridized carbons (Fsp3) is 0.938. The zero-order valence-electron chi connectivity index (χ0n) is 24.4. The predicted octanol–water partition coefficient (Wildman–Crippen LogP) is 12.4. The molecule has 0 heterocycles. The lowest BCUT2D eigenvalue weighted by molar-refractivity contribution is 0.514. The summed E-state index contributed by atoms with van der Waals surface area (Å²) in [5.41, 5.74) is 0. The highest BCUT2D eigenvalue weighted by Gasteiger charge is 1.97. The van der Waals surface area contributed by atoms with Crippen LogP contribution in [0.4, 0.5) is 0 Å². The lowest BCUT2D eigenvalue weighted by Crippen LogP contribution is -2.17. The number of hydrogen-bond donors (Lipinski definition) is 3. The van der Waals surface area contributed by atoms with Gasteiger partial charge in [-0.2, -0.15) is 0 Å². The molecule has 0 saturated carbocycles. The molecule has 220 valence electrons. The van der Waals surface area contributed by atoms with Crippen LogP contribution in [0, 0.1) is 0 Å². The maximum Gasteiger partial charge on any atom is 0.130 e. The van der Waals surface area contributed by atoms with Gasteiger partial charge in [-0.1, -0.05) is 191 Å². The lowest BCUT2D eigenvalue weighted by atomic mass is 10.0. The van der Waals surface area contributed by atoms with Gasteiger partial charge < -0.3 is 5.32 Å². The van der Waals surface area contributed by atoms with E-state index in [2.05, 4.69) is 30.6 Å². The molecule has 0 aliphatic carbocycles. The van der Waals surface area contributed by atoms with Gasteiger partial charge in [0.25, 0.3) is 0 Å². The van der Waals surface area contributed by atoms with Gasteiger partial charge in [0.2, 0.25) is 0 Å². The largest absolute Gasteiger partial charge is 0.371 e. The van der Waals surface area contributed by atoms with E-state index in [1.54, 1.807) is 0 Å². The summed E-state index contributed by atoms with van der Waals surface area (Å²) < 4.78 is 1.50. The van der Waals surface area contributed by atoms with Crippen molar-refractivity contribution in [3.05, 3.63) is 0 Å². The van der Waals surface area contributed by atoms with E-state index in [0.29, 0.717) is 4.32 Å². The van der Waals surface area contributed by atoms with Crippen LogP contribution in [-0.4, -0.2) is 15.1 Å². The smallest absolute Gasteiger partial charge is 0.130 e. The van der Waals surface area contributed by atoms with E-state index < -0.39 is 0 Å². The zero-order valence-corrected chi connectivity index (χ0v) is 27.8. The fourth-order valence-corrected chi connectivity index (χ4v) is 5.71. The third kappa shape index (κ3) is 36.7. The number of thiocarbonyl (C=S) groups is 2. The third-order valence-electron chi connectivity index (χ3n) is 7.59. The van der Waals surface area contributed by atoms with Gasteiger partial charge in [-0.25, -0.2) is 0 Å². The SMILES string of the molecule is S=C(S)CCCCCCCCCCCCCCCCCCCCCCCCCCCCCCNC(=S)S. The minimum atomic E-state index is 0.627. The highest BCUT2D eigenvalue weighted by Crippen LogP contribution is 2.16. The van der Waals surface area contributed by atoms with Crippen LogP contribution in [0.5, 0.6) is 0 Å². The lowest BCUT2D eigenvalue weighted by Gasteiger charge is -2.05. The summed E-state index contributed by atoms with van der Waals surface area (Å²) in [5.74, 6) is 0. The number of unbranched alkanes of at least 4 members (excludes halogenated alkanes) is 27. The van der Waals surface area contributed by atoms with Gasteiger partial charge in [0.1, 0.15) is 4.32 Å². The Morgan fingerprint density at radius 1 is 0.351 bits per heavy atom. The molecule has 0 spiro atoms. The van der Waals surface area contributed by atoms with Crippen LogP contribution in [0.15, 0.2) is 0 Å². The molecule has 0 fully saturated rings. The number of thiol groups is 2. The average molecular weight is 590 g/mol. The van der Waals surface area contributed by atoms with Crippen LogP contribution in [-0.2, 0) is 0 Å². The second-order valence-corrected chi connectivity index (χ2v) is 13.8. The van der Waals surface area contributed by atoms with E-state index in [1.165, 1.54) is 180 Å². The topological polar surface area (TPSA) is 12.0 Å². The molecule has 0 aliphatic rings. The zero-order chi connectivity index (χ0) is 27.1. The first-order valence-corrected chi connectivity index (χ1v) is 18.0. The van der Waals surface area contributed by atoms with E-state index in [0.717, 1.165) is 17.2 Å². The molecule has 1 N–H and O–H groups in total. The van der Waals surface area contributed by atoms with Gasteiger partial charge in [0.05, 0.1) is 0 Å². The molecule has 0 aromatic heterocycles. The first kappa shape index (κ1) is 37.7. The maximum absolute atomic E-state index is 5.01. The Balaban J connectivity index is 3.03. The van der Waals surface area contributed by atoms with E-state index >= 15 is 0 Å². The van der Waals surface area contributed by atoms with Gasteiger partial charge in [-0.15, -0.1) is 25.3 Å². The standard InChI is InChI=1S/C32H63NS4/c34-31(35)29-27-25-23-21-19-17-15-13-11-9-7-5-3-1-2-4-6-8-10-12-14-16-18-20-22-24-26-28-30-33-32(36)37/h1-30H2,(H,34,35)(H2,33,36,37). The average Bonchev–Trinajstić information content (AvgIpc) is 2.87. The molecule has 0 atom stereocenters. The van der Waals surface area contributed by atoms with Gasteiger partial charge in [0, 0.05) is 10.7 Å². The monoisotopic (exact) mass is 589 g/mol. The van der Waals surface area contributed by atoms with Crippen molar-refractivity contribution >= 4 is 58.2 Å². The fourth-order valence-electron chi connectivity index (χ4n) is 5.19. The number of hydrogen-bond acceptors (Lipinski definition) is 2. The molecule has 5 heteroatoms. The second-order valence-electron chi connectivity index (χ2n) is 11.3. The molecule has 0 rings (SSSR count). The van der Waals surface area contributed by atoms with Crippen LogP contribution in [0.1, 0.15) is 186 Å². The summed E-state index contributed by atoms with van der Waals surface area (Å²) in [7, 11) is 0. The quantitative estimate of drug-likeness (QED) is 0.0423. The molecule has 0 amide bonds. The summed E-state index contributed by atoms with van der Waals surface area (Å²) in [5, 5.41) is 3.11. The molecule has 0 unspecified atom stereocenters. The summed E-state index contributed by atoms with van der Waals surface area (Å²) in [6.07, 6.45) is 40.8. The second kappa shape index (κ2) is 32.9. The highest BCUT2D eigenvalue weighted by atomic mass is 32.1. The Labute approximate surface area is 255 Å². The van der Waals surface area contributed by atoms with Crippen LogP contribution in [0.25, 0.3) is 0 Å². The molecule has 0 bridgehead atoms. The van der Waals surface area contributed by atoms with Crippen molar-refractivity contribution in [2.24, 2.45) is 0 Å². The number of nitrogens with one attached hydrogen (secondary N) is 1. The van der Waals surface area contributed by atoms with Gasteiger partial charge in [-0.05, 0) is 19.3 Å². The Morgan fingerprint density at radius 3 is 0.784 bits per heavy atom. The summed E-state index contributed by atoms with van der Waals surface area (Å²) in [6.45, 7) is 0.984. The van der Waals surface area contributed by atoms with Crippen molar-refractivity contribution in [3.63, 3.8) is 0 Å². The van der Waals surface area contributed by atoms with Gasteiger partial charge in [0.15, 0.2) is 0 Å². The Bertz CT molecular complexity index is 441. The molecular weight excluding hydrogens is 527 g/mol. The van der Waals surface area contributed by atoms with Gasteiger partial charge >= 0.3 is 0 Å². The van der Waals surface area contributed by atoms with Crippen molar-refractivity contribution < 1.29 is 0 Å². The van der Waals surface area contributed by atoms with Crippen molar-refractivity contribution in [2.45, 2.75) is 186 Å². The van der Waals surface area contributed by atoms with Crippen LogP contribution >= 0.6 is 49.7 Å². The van der Waals surface area contributed by atoms with Crippen molar-refractivity contribution in [1.82, 2.24) is 5.32 Å². The van der Waals surface area contributed by atoms with E-state index in [1.807, 2.05) is 0 Å². The van der Waals surface area contributed by atoms with E-state index in [4.69, 9.17) is 24.4 Å². The molecule has 0 aliphatic heterocycles. The molecule has 0 saturated heterocycles. The highest BCUT2D eigenvalue weighted by molar-refractivity contribution is 8.11. The van der Waals surface area contributed by atoms with E-state index in [-0.39, 0.29) is 0 Å². The minimum Gasteiger partial charge on any atom is -0.371 e. The molecule has 1 nitrogen and oxygen atoms in total. The Morgan fingerprint density at radius 2 is 0.568 bits per heavy atom. The third-order valence-corrected chi connectivity index (χ3v) is 8.32.